The second-order valence-electron chi connectivity index (χ2n) is 15.9. The summed E-state index contributed by atoms with van der Waals surface area (Å²) in [5.41, 5.74) is 12.1. The highest BCUT2D eigenvalue weighted by Crippen LogP contribution is 2.60. The SMILES string of the molecule is N#Cc1ccc(-c2cccc(-c3cc(-c4ccc(C56CC7CC(CC(C7)C5)C6)cc4)cc(-c4nc(-c5ccccc5)nc(-c5ccccc5)n4)c3)c2)cc1. The normalized spacial score (nSPS) is 21.1. The number of aromatic nitrogens is 3. The molecule has 4 saturated carbocycles. The summed E-state index contributed by atoms with van der Waals surface area (Å²) in [6.45, 7) is 0. The molecule has 4 heteroatoms. The van der Waals surface area contributed by atoms with Crippen LogP contribution in [0.5, 0.6) is 0 Å². The molecule has 4 aliphatic carbocycles. The quantitative estimate of drug-likeness (QED) is 0.166. The third-order valence-electron chi connectivity index (χ3n) is 12.3. The highest BCUT2D eigenvalue weighted by molar-refractivity contribution is 5.82. The van der Waals surface area contributed by atoms with E-state index >= 15 is 0 Å². The zero-order valence-electron chi connectivity index (χ0n) is 30.2. The molecule has 0 saturated heterocycles. The van der Waals surface area contributed by atoms with Crippen molar-refractivity contribution in [1.29, 1.82) is 5.26 Å². The van der Waals surface area contributed by atoms with Crippen molar-refractivity contribution in [2.75, 3.05) is 0 Å². The lowest BCUT2D eigenvalue weighted by molar-refractivity contribution is -0.00518. The maximum Gasteiger partial charge on any atom is 0.164 e. The van der Waals surface area contributed by atoms with Gasteiger partial charge in [-0.2, -0.15) is 5.26 Å². The fraction of sp³-hybridized carbons (Fsp3) is 0.200. The van der Waals surface area contributed by atoms with Crippen LogP contribution < -0.4 is 0 Å². The first-order valence-corrected chi connectivity index (χ1v) is 19.3. The van der Waals surface area contributed by atoms with E-state index in [2.05, 4.69) is 97.1 Å². The maximum atomic E-state index is 9.36. The van der Waals surface area contributed by atoms with Crippen molar-refractivity contribution in [1.82, 2.24) is 15.0 Å². The van der Waals surface area contributed by atoms with Crippen molar-refractivity contribution >= 4 is 0 Å². The lowest BCUT2D eigenvalue weighted by Gasteiger charge is -2.57. The molecule has 4 bridgehead atoms. The van der Waals surface area contributed by atoms with Crippen LogP contribution in [0.1, 0.15) is 49.7 Å². The molecule has 6 aromatic carbocycles. The molecule has 0 atom stereocenters. The third-order valence-corrected chi connectivity index (χ3v) is 12.3. The third kappa shape index (κ3) is 6.10. The Kier molecular flexibility index (Phi) is 8.02. The molecular formula is C50H40N4. The van der Waals surface area contributed by atoms with Crippen molar-refractivity contribution in [3.05, 3.63) is 163 Å². The van der Waals surface area contributed by atoms with Crippen molar-refractivity contribution < 1.29 is 0 Å². The van der Waals surface area contributed by atoms with Gasteiger partial charge in [-0.3, -0.25) is 0 Å². The van der Waals surface area contributed by atoms with E-state index in [-0.39, 0.29) is 0 Å². The van der Waals surface area contributed by atoms with E-state index in [0.717, 1.165) is 62.3 Å². The summed E-state index contributed by atoms with van der Waals surface area (Å²) in [6, 6.07) is 55.3. The Labute approximate surface area is 317 Å². The van der Waals surface area contributed by atoms with Gasteiger partial charge in [0.25, 0.3) is 0 Å². The molecule has 0 amide bonds. The van der Waals surface area contributed by atoms with Gasteiger partial charge in [0.2, 0.25) is 0 Å². The molecule has 0 spiro atoms. The Balaban J connectivity index is 1.11. The summed E-state index contributed by atoms with van der Waals surface area (Å²) in [7, 11) is 0. The Morgan fingerprint density at radius 2 is 0.815 bits per heavy atom. The molecule has 4 aliphatic rings. The second kappa shape index (κ2) is 13.3. The molecule has 1 aromatic heterocycles. The molecule has 0 N–H and O–H groups in total. The molecule has 0 radical (unpaired) electrons. The summed E-state index contributed by atoms with van der Waals surface area (Å²) in [4.78, 5) is 15.2. The van der Waals surface area contributed by atoms with Gasteiger partial charge in [-0.25, -0.2) is 15.0 Å². The predicted octanol–water partition coefficient (Wildman–Crippen LogP) is 12.2. The highest BCUT2D eigenvalue weighted by Gasteiger charge is 2.51. The summed E-state index contributed by atoms with van der Waals surface area (Å²) in [6.07, 6.45) is 8.44. The molecule has 54 heavy (non-hydrogen) atoms. The molecule has 260 valence electrons. The summed E-state index contributed by atoms with van der Waals surface area (Å²) < 4.78 is 0. The van der Waals surface area contributed by atoms with E-state index in [1.165, 1.54) is 49.7 Å². The van der Waals surface area contributed by atoms with Crippen molar-refractivity contribution in [2.24, 2.45) is 17.8 Å². The minimum absolute atomic E-state index is 0.360. The average molecular weight is 697 g/mol. The van der Waals surface area contributed by atoms with Gasteiger partial charge >= 0.3 is 0 Å². The minimum Gasteiger partial charge on any atom is -0.208 e. The van der Waals surface area contributed by atoms with Crippen molar-refractivity contribution in [3.63, 3.8) is 0 Å². The zero-order chi connectivity index (χ0) is 36.1. The van der Waals surface area contributed by atoms with E-state index in [1.807, 2.05) is 60.7 Å². The van der Waals surface area contributed by atoms with Crippen molar-refractivity contribution in [2.45, 2.75) is 43.9 Å². The number of benzene rings is 6. The fourth-order valence-corrected chi connectivity index (χ4v) is 10.1. The number of rotatable bonds is 7. The predicted molar refractivity (Wildman–Crippen MR) is 217 cm³/mol. The number of hydrogen-bond acceptors (Lipinski definition) is 4. The number of hydrogen-bond donors (Lipinski definition) is 0. The van der Waals surface area contributed by atoms with Crippen LogP contribution in [0.15, 0.2) is 152 Å². The van der Waals surface area contributed by atoms with Gasteiger partial charge in [0.15, 0.2) is 17.5 Å². The maximum absolute atomic E-state index is 9.36. The standard InChI is InChI=1S/C50H40N4/c51-32-33-14-16-37(17-15-33)41-12-7-13-42(25-41)44-26-43(38-18-20-46(21-19-38)50-29-34-22-35(30-50)24-36(23-34)31-50)27-45(28-44)49-53-47(39-8-3-1-4-9-39)52-48(54-49)40-10-5-2-6-11-40/h1-21,25-28,34-36H,22-24,29-31H2. The van der Waals surface area contributed by atoms with Gasteiger partial charge in [0.1, 0.15) is 0 Å². The van der Waals surface area contributed by atoms with E-state index in [1.54, 1.807) is 0 Å². The Bertz CT molecular complexity index is 2420. The summed E-state index contributed by atoms with van der Waals surface area (Å²) in [5.74, 6) is 4.67. The first-order valence-electron chi connectivity index (χ1n) is 19.3. The van der Waals surface area contributed by atoms with Gasteiger partial charge in [0, 0.05) is 16.7 Å². The topological polar surface area (TPSA) is 62.5 Å². The molecule has 1 heterocycles. The van der Waals surface area contributed by atoms with E-state index in [4.69, 9.17) is 15.0 Å². The lowest BCUT2D eigenvalue weighted by atomic mass is 9.48. The lowest BCUT2D eigenvalue weighted by Crippen LogP contribution is -2.48. The van der Waals surface area contributed by atoms with Gasteiger partial charge in [-0.05, 0) is 137 Å². The number of nitriles is 1. The average Bonchev–Trinajstić information content (AvgIpc) is 3.23. The smallest absolute Gasteiger partial charge is 0.164 e. The van der Waals surface area contributed by atoms with E-state index in [0.29, 0.717) is 28.5 Å². The van der Waals surface area contributed by atoms with Crippen LogP contribution in [0.25, 0.3) is 67.5 Å². The van der Waals surface area contributed by atoms with Crippen LogP contribution in [-0.4, -0.2) is 15.0 Å². The molecule has 0 aliphatic heterocycles. The van der Waals surface area contributed by atoms with Crippen LogP contribution >= 0.6 is 0 Å². The first-order chi connectivity index (χ1) is 26.6. The Morgan fingerprint density at radius 1 is 0.407 bits per heavy atom. The van der Waals surface area contributed by atoms with Crippen LogP contribution in [0.3, 0.4) is 0 Å². The fourth-order valence-electron chi connectivity index (χ4n) is 10.1. The largest absolute Gasteiger partial charge is 0.208 e. The zero-order valence-corrected chi connectivity index (χ0v) is 30.2. The molecule has 0 unspecified atom stereocenters. The van der Waals surface area contributed by atoms with Gasteiger partial charge in [-0.1, -0.05) is 115 Å². The summed E-state index contributed by atoms with van der Waals surface area (Å²) in [5, 5.41) is 9.36. The van der Waals surface area contributed by atoms with Crippen LogP contribution in [0.4, 0.5) is 0 Å². The highest BCUT2D eigenvalue weighted by atomic mass is 15.0. The van der Waals surface area contributed by atoms with Gasteiger partial charge < -0.3 is 0 Å². The molecule has 7 aromatic rings. The van der Waals surface area contributed by atoms with E-state index in [9.17, 15) is 5.26 Å². The Morgan fingerprint density at radius 3 is 1.35 bits per heavy atom. The number of nitrogens with zero attached hydrogens (tertiary/aromatic N) is 4. The van der Waals surface area contributed by atoms with Crippen LogP contribution in [0.2, 0.25) is 0 Å². The van der Waals surface area contributed by atoms with Gasteiger partial charge in [-0.15, -0.1) is 0 Å². The van der Waals surface area contributed by atoms with E-state index < -0.39 is 0 Å². The minimum atomic E-state index is 0.360. The Hall–Kier alpha value is -6.18. The van der Waals surface area contributed by atoms with Gasteiger partial charge in [0.05, 0.1) is 11.6 Å². The van der Waals surface area contributed by atoms with Crippen LogP contribution in [-0.2, 0) is 5.41 Å². The van der Waals surface area contributed by atoms with Crippen LogP contribution in [0, 0.1) is 29.1 Å². The summed E-state index contributed by atoms with van der Waals surface area (Å²) >= 11 is 0. The first kappa shape index (κ1) is 32.5. The molecule has 4 nitrogen and oxygen atoms in total. The molecule has 4 fully saturated rings. The van der Waals surface area contributed by atoms with Crippen molar-refractivity contribution in [3.8, 4) is 73.6 Å². The second-order valence-corrected chi connectivity index (χ2v) is 15.9. The monoisotopic (exact) mass is 696 g/mol. The molecular weight excluding hydrogens is 657 g/mol. The molecule has 11 rings (SSSR count).